The maximum Gasteiger partial charge on any atom is 0.202 e. The van der Waals surface area contributed by atoms with E-state index < -0.39 is 0 Å². The molecule has 0 bridgehead atoms. The summed E-state index contributed by atoms with van der Waals surface area (Å²) in [6.07, 6.45) is 7.76. The number of rotatable bonds is 8. The number of imidazole rings is 1. The van der Waals surface area contributed by atoms with Crippen molar-refractivity contribution in [2.75, 3.05) is 11.9 Å². The summed E-state index contributed by atoms with van der Waals surface area (Å²) >= 11 is 5.27. The summed E-state index contributed by atoms with van der Waals surface area (Å²) in [5.41, 5.74) is 1.83. The van der Waals surface area contributed by atoms with Gasteiger partial charge in [0.1, 0.15) is 5.52 Å². The Bertz CT molecular complexity index is 601. The van der Waals surface area contributed by atoms with Gasteiger partial charge in [0.25, 0.3) is 0 Å². The molecule has 0 radical (unpaired) electrons. The van der Waals surface area contributed by atoms with Crippen LogP contribution in [-0.2, 0) is 6.54 Å². The van der Waals surface area contributed by atoms with Gasteiger partial charge in [0.05, 0.1) is 6.20 Å². The van der Waals surface area contributed by atoms with E-state index in [-0.39, 0.29) is 0 Å². The van der Waals surface area contributed by atoms with Crippen molar-refractivity contribution >= 4 is 29.3 Å². The Kier molecular flexibility index (Phi) is 5.52. The molecule has 20 heavy (non-hydrogen) atoms. The third-order valence-corrected chi connectivity index (χ3v) is 3.60. The monoisotopic (exact) mass is 293 g/mol. The van der Waals surface area contributed by atoms with Crippen molar-refractivity contribution < 1.29 is 0 Å². The SMILES string of the molecule is CCCCCCNc1nc2c(cnc(=S)n2CCC)[nH]1. The topological polar surface area (TPSA) is 58.5 Å². The van der Waals surface area contributed by atoms with Crippen molar-refractivity contribution in [3.05, 3.63) is 11.0 Å². The molecule has 0 aromatic carbocycles. The minimum atomic E-state index is 0.598. The van der Waals surface area contributed by atoms with Gasteiger partial charge in [-0.15, -0.1) is 0 Å². The molecule has 0 unspecified atom stereocenters. The number of aryl methyl sites for hydroxylation is 1. The summed E-state index contributed by atoms with van der Waals surface area (Å²) in [6.45, 7) is 6.14. The average Bonchev–Trinajstić information content (AvgIpc) is 2.85. The lowest BCUT2D eigenvalue weighted by molar-refractivity contribution is 0.670. The van der Waals surface area contributed by atoms with Crippen LogP contribution in [0.1, 0.15) is 46.0 Å². The first-order valence-corrected chi connectivity index (χ1v) is 7.86. The fourth-order valence-corrected chi connectivity index (χ4v) is 2.45. The second-order valence-electron chi connectivity index (χ2n) is 5.00. The molecule has 0 aliphatic carbocycles. The molecule has 0 atom stereocenters. The second kappa shape index (κ2) is 7.38. The molecule has 0 amide bonds. The lowest BCUT2D eigenvalue weighted by Gasteiger charge is -2.04. The lowest BCUT2D eigenvalue weighted by Crippen LogP contribution is -2.04. The number of nitrogens with zero attached hydrogens (tertiary/aromatic N) is 3. The van der Waals surface area contributed by atoms with Crippen LogP contribution in [0.3, 0.4) is 0 Å². The van der Waals surface area contributed by atoms with Gasteiger partial charge >= 0.3 is 0 Å². The number of aromatic amines is 1. The summed E-state index contributed by atoms with van der Waals surface area (Å²) in [5.74, 6) is 0.809. The van der Waals surface area contributed by atoms with Crippen LogP contribution in [0.15, 0.2) is 6.20 Å². The predicted octanol–water partition coefficient (Wildman–Crippen LogP) is 3.89. The molecule has 0 aliphatic rings. The van der Waals surface area contributed by atoms with Gasteiger partial charge in [-0.2, -0.15) is 4.98 Å². The standard InChI is InChI=1S/C14H23N5S/c1-3-5-6-7-8-15-13-17-11-10-16-14(20)19(9-4-2)12(11)18-13/h10H,3-9H2,1-2H3,(H2,15,17,18). The molecule has 0 saturated carbocycles. The molecule has 2 aromatic rings. The van der Waals surface area contributed by atoms with Crippen LogP contribution in [0, 0.1) is 4.77 Å². The van der Waals surface area contributed by atoms with Crippen molar-refractivity contribution in [1.29, 1.82) is 0 Å². The lowest BCUT2D eigenvalue weighted by atomic mass is 10.2. The molecule has 0 spiro atoms. The Morgan fingerprint density at radius 3 is 2.85 bits per heavy atom. The fraction of sp³-hybridized carbons (Fsp3) is 0.643. The highest BCUT2D eigenvalue weighted by atomic mass is 32.1. The number of hydrogen-bond donors (Lipinski definition) is 2. The van der Waals surface area contributed by atoms with Gasteiger partial charge in [-0.25, -0.2) is 4.98 Å². The smallest absolute Gasteiger partial charge is 0.202 e. The van der Waals surface area contributed by atoms with Gasteiger partial charge in [-0.1, -0.05) is 33.1 Å². The zero-order valence-corrected chi connectivity index (χ0v) is 13.1. The zero-order chi connectivity index (χ0) is 14.4. The van der Waals surface area contributed by atoms with E-state index in [1.54, 1.807) is 6.20 Å². The van der Waals surface area contributed by atoms with Crippen molar-refractivity contribution in [2.24, 2.45) is 0 Å². The number of hydrogen-bond acceptors (Lipinski definition) is 4. The Hall–Kier alpha value is -1.43. The number of unbranched alkanes of at least 4 members (excludes halogenated alkanes) is 3. The van der Waals surface area contributed by atoms with E-state index in [4.69, 9.17) is 12.2 Å². The first-order chi connectivity index (χ1) is 9.76. The van der Waals surface area contributed by atoms with Crippen LogP contribution in [0.5, 0.6) is 0 Å². The zero-order valence-electron chi connectivity index (χ0n) is 12.3. The molecule has 2 heterocycles. The van der Waals surface area contributed by atoms with Crippen LogP contribution in [-0.4, -0.2) is 26.1 Å². The summed E-state index contributed by atoms with van der Waals surface area (Å²) < 4.78 is 2.59. The average molecular weight is 293 g/mol. The van der Waals surface area contributed by atoms with E-state index in [1.807, 2.05) is 4.57 Å². The van der Waals surface area contributed by atoms with Gasteiger partial charge < -0.3 is 10.3 Å². The van der Waals surface area contributed by atoms with E-state index in [9.17, 15) is 0 Å². The molecule has 110 valence electrons. The van der Waals surface area contributed by atoms with Gasteiger partial charge in [0.2, 0.25) is 10.7 Å². The highest BCUT2D eigenvalue weighted by Crippen LogP contribution is 2.14. The molecule has 2 rings (SSSR count). The summed E-state index contributed by atoms with van der Waals surface area (Å²) in [5, 5.41) is 3.34. The number of aromatic nitrogens is 4. The number of anilines is 1. The summed E-state index contributed by atoms with van der Waals surface area (Å²) in [6, 6.07) is 0. The molecule has 0 aliphatic heterocycles. The highest BCUT2D eigenvalue weighted by molar-refractivity contribution is 7.71. The third-order valence-electron chi connectivity index (χ3n) is 3.27. The van der Waals surface area contributed by atoms with Crippen molar-refractivity contribution in [3.8, 4) is 0 Å². The first kappa shape index (κ1) is 15.0. The molecule has 0 fully saturated rings. The molecular weight excluding hydrogens is 270 g/mol. The number of fused-ring (bicyclic) bond motifs is 1. The highest BCUT2D eigenvalue weighted by Gasteiger charge is 2.07. The molecule has 2 aromatic heterocycles. The van der Waals surface area contributed by atoms with Crippen LogP contribution in [0.25, 0.3) is 11.2 Å². The van der Waals surface area contributed by atoms with Crippen LogP contribution < -0.4 is 5.32 Å². The van der Waals surface area contributed by atoms with Crippen LogP contribution in [0.4, 0.5) is 5.95 Å². The number of H-pyrrole nitrogens is 1. The normalized spacial score (nSPS) is 11.1. The van der Waals surface area contributed by atoms with Gasteiger partial charge in [-0.05, 0) is 25.1 Å². The Labute approximate surface area is 124 Å². The van der Waals surface area contributed by atoms with Crippen molar-refractivity contribution in [1.82, 2.24) is 19.5 Å². The van der Waals surface area contributed by atoms with Gasteiger partial charge in [-0.3, -0.25) is 4.57 Å². The van der Waals surface area contributed by atoms with E-state index in [0.717, 1.165) is 36.6 Å². The van der Waals surface area contributed by atoms with Crippen LogP contribution >= 0.6 is 12.2 Å². The largest absolute Gasteiger partial charge is 0.356 e. The van der Waals surface area contributed by atoms with Gasteiger partial charge in [0.15, 0.2) is 5.65 Å². The van der Waals surface area contributed by atoms with E-state index >= 15 is 0 Å². The van der Waals surface area contributed by atoms with E-state index in [0.29, 0.717) is 4.77 Å². The molecule has 5 nitrogen and oxygen atoms in total. The minimum absolute atomic E-state index is 0.598. The second-order valence-corrected chi connectivity index (χ2v) is 5.37. The van der Waals surface area contributed by atoms with E-state index in [2.05, 4.69) is 34.1 Å². The third kappa shape index (κ3) is 3.56. The molecule has 2 N–H and O–H groups in total. The minimum Gasteiger partial charge on any atom is -0.356 e. The molecular formula is C14H23N5S. The fourth-order valence-electron chi connectivity index (χ4n) is 2.22. The Morgan fingerprint density at radius 1 is 1.25 bits per heavy atom. The molecule has 6 heteroatoms. The summed E-state index contributed by atoms with van der Waals surface area (Å²) in [4.78, 5) is 12.1. The maximum atomic E-state index is 5.27. The van der Waals surface area contributed by atoms with Gasteiger partial charge in [0, 0.05) is 13.1 Å². The Balaban J connectivity index is 2.09. The quantitative estimate of drug-likeness (QED) is 0.572. The number of nitrogens with one attached hydrogen (secondary N) is 2. The predicted molar refractivity (Wildman–Crippen MR) is 85.6 cm³/mol. The van der Waals surface area contributed by atoms with Crippen molar-refractivity contribution in [3.63, 3.8) is 0 Å². The maximum absolute atomic E-state index is 5.27. The summed E-state index contributed by atoms with van der Waals surface area (Å²) in [7, 11) is 0. The first-order valence-electron chi connectivity index (χ1n) is 7.45. The molecule has 0 saturated heterocycles. The Morgan fingerprint density at radius 2 is 2.10 bits per heavy atom. The van der Waals surface area contributed by atoms with E-state index in [1.165, 1.54) is 25.7 Å². The van der Waals surface area contributed by atoms with Crippen molar-refractivity contribution in [2.45, 2.75) is 52.5 Å². The van der Waals surface area contributed by atoms with Crippen LogP contribution in [0.2, 0.25) is 0 Å².